The number of nitrogens with zero attached hydrogens (tertiary/aromatic N) is 2. The zero-order valence-corrected chi connectivity index (χ0v) is 13.2. The van der Waals surface area contributed by atoms with Crippen molar-refractivity contribution in [3.63, 3.8) is 0 Å². The maximum absolute atomic E-state index is 11.9. The maximum Gasteiger partial charge on any atom is 0.350 e. The number of hydrogen-bond donors (Lipinski definition) is 2. The molecule has 0 aliphatic rings. The third kappa shape index (κ3) is 5.10. The van der Waals surface area contributed by atoms with Crippen LogP contribution in [-0.4, -0.2) is 19.0 Å². The molecule has 0 aliphatic carbocycles. The largest absolute Gasteiger partial charge is 0.370 e. The number of aliphatic imine (C=N–C) groups is 1. The number of nitrogens with two attached hydrogens (primary N) is 2. The molecule has 0 spiro atoms. The summed E-state index contributed by atoms with van der Waals surface area (Å²) in [5, 5.41) is 0. The highest BCUT2D eigenvalue weighted by molar-refractivity contribution is 5.99. The van der Waals surface area contributed by atoms with E-state index in [9.17, 15) is 4.79 Å². The van der Waals surface area contributed by atoms with Gasteiger partial charge in [-0.05, 0) is 36.5 Å². The van der Waals surface area contributed by atoms with E-state index in [1.54, 1.807) is 7.05 Å². The van der Waals surface area contributed by atoms with Crippen molar-refractivity contribution in [3.8, 4) is 0 Å². The van der Waals surface area contributed by atoms with Gasteiger partial charge in [-0.15, -0.1) is 0 Å². The number of anilines is 1. The molecule has 0 atom stereocenters. The van der Waals surface area contributed by atoms with Gasteiger partial charge >= 0.3 is 6.03 Å². The molecule has 4 N–H and O–H groups in total. The summed E-state index contributed by atoms with van der Waals surface area (Å²) in [5.41, 5.74) is 13.8. The van der Waals surface area contributed by atoms with Crippen LogP contribution in [0.4, 0.5) is 10.5 Å². The first kappa shape index (κ1) is 17.0. The highest BCUT2D eigenvalue weighted by Crippen LogP contribution is 2.23. The van der Waals surface area contributed by atoms with Crippen LogP contribution >= 0.6 is 0 Å². The van der Waals surface area contributed by atoms with Crippen LogP contribution in [0.15, 0.2) is 23.2 Å². The molecule has 0 saturated carbocycles. The van der Waals surface area contributed by atoms with Crippen LogP contribution in [0.3, 0.4) is 0 Å². The first-order valence-corrected chi connectivity index (χ1v) is 7.48. The fraction of sp³-hybridized carbons (Fsp3) is 0.500. The number of aryl methyl sites for hydroxylation is 2. The third-order valence-electron chi connectivity index (χ3n) is 3.47. The SMILES string of the molecule is CCCCCc1ccc(N(C)C(=O)N=C(N)N)c(CC)c1. The Morgan fingerprint density at radius 1 is 1.24 bits per heavy atom. The number of hydrogen-bond acceptors (Lipinski definition) is 1. The molecule has 0 aromatic heterocycles. The van der Waals surface area contributed by atoms with Crippen LogP contribution in [-0.2, 0) is 12.8 Å². The van der Waals surface area contributed by atoms with Gasteiger partial charge in [0.15, 0.2) is 5.96 Å². The lowest BCUT2D eigenvalue weighted by atomic mass is 10.0. The number of carbonyl (C=O) groups excluding carboxylic acids is 1. The van der Waals surface area contributed by atoms with Gasteiger partial charge in [0.05, 0.1) is 0 Å². The number of unbranched alkanes of at least 4 members (excludes halogenated alkanes) is 2. The zero-order valence-electron chi connectivity index (χ0n) is 13.2. The molecule has 1 aromatic rings. The minimum atomic E-state index is -0.455. The van der Waals surface area contributed by atoms with E-state index in [0.717, 1.165) is 24.1 Å². The Morgan fingerprint density at radius 2 is 1.95 bits per heavy atom. The summed E-state index contributed by atoms with van der Waals surface area (Å²) in [7, 11) is 1.68. The second kappa shape index (κ2) is 8.29. The molecule has 1 aromatic carbocycles. The summed E-state index contributed by atoms with van der Waals surface area (Å²) >= 11 is 0. The molecule has 0 unspecified atom stereocenters. The Morgan fingerprint density at radius 3 is 2.52 bits per heavy atom. The Labute approximate surface area is 127 Å². The first-order valence-electron chi connectivity index (χ1n) is 7.48. The van der Waals surface area contributed by atoms with Crippen LogP contribution in [0.2, 0.25) is 0 Å². The van der Waals surface area contributed by atoms with Crippen molar-refractivity contribution >= 4 is 17.7 Å². The summed E-state index contributed by atoms with van der Waals surface area (Å²) in [5.74, 6) is -0.221. The Kier molecular flexibility index (Phi) is 6.72. The number of amides is 2. The van der Waals surface area contributed by atoms with E-state index in [0.29, 0.717) is 0 Å². The number of guanidine groups is 1. The van der Waals surface area contributed by atoms with E-state index in [4.69, 9.17) is 11.5 Å². The maximum atomic E-state index is 11.9. The average Bonchev–Trinajstić information content (AvgIpc) is 2.46. The lowest BCUT2D eigenvalue weighted by Gasteiger charge is -2.19. The van der Waals surface area contributed by atoms with Gasteiger partial charge in [-0.25, -0.2) is 4.79 Å². The molecule has 5 nitrogen and oxygen atoms in total. The van der Waals surface area contributed by atoms with Gasteiger partial charge in [0.1, 0.15) is 0 Å². The van der Waals surface area contributed by atoms with Gasteiger partial charge in [-0.3, -0.25) is 4.90 Å². The average molecular weight is 290 g/mol. The van der Waals surface area contributed by atoms with Gasteiger partial charge < -0.3 is 11.5 Å². The fourth-order valence-electron chi connectivity index (χ4n) is 2.27. The molecule has 0 bridgehead atoms. The minimum Gasteiger partial charge on any atom is -0.370 e. The van der Waals surface area contributed by atoms with Gasteiger partial charge in [0.2, 0.25) is 0 Å². The second-order valence-corrected chi connectivity index (χ2v) is 5.15. The topological polar surface area (TPSA) is 84.7 Å². The molecule has 0 aliphatic heterocycles. The number of benzene rings is 1. The quantitative estimate of drug-likeness (QED) is 0.480. The normalized spacial score (nSPS) is 10.2. The molecular weight excluding hydrogens is 264 g/mol. The third-order valence-corrected chi connectivity index (χ3v) is 3.47. The number of rotatable bonds is 6. The zero-order chi connectivity index (χ0) is 15.8. The van der Waals surface area contributed by atoms with Crippen molar-refractivity contribution < 1.29 is 4.79 Å². The molecule has 0 fully saturated rings. The number of urea groups is 1. The highest BCUT2D eigenvalue weighted by Gasteiger charge is 2.13. The molecule has 1 rings (SSSR count). The van der Waals surface area contributed by atoms with E-state index in [2.05, 4.69) is 31.0 Å². The van der Waals surface area contributed by atoms with Crippen molar-refractivity contribution in [2.24, 2.45) is 16.5 Å². The van der Waals surface area contributed by atoms with Crippen LogP contribution in [0.5, 0.6) is 0 Å². The van der Waals surface area contributed by atoms with Gasteiger partial charge in [-0.1, -0.05) is 38.8 Å². The summed E-state index contributed by atoms with van der Waals surface area (Å²) in [6.07, 6.45) is 5.59. The molecule has 0 saturated heterocycles. The summed E-state index contributed by atoms with van der Waals surface area (Å²) in [4.78, 5) is 16.9. The summed E-state index contributed by atoms with van der Waals surface area (Å²) in [6, 6.07) is 5.76. The van der Waals surface area contributed by atoms with E-state index in [1.165, 1.54) is 29.7 Å². The molecule has 116 valence electrons. The fourth-order valence-corrected chi connectivity index (χ4v) is 2.27. The molecule has 0 heterocycles. The van der Waals surface area contributed by atoms with Gasteiger partial charge in [0, 0.05) is 12.7 Å². The summed E-state index contributed by atoms with van der Waals surface area (Å²) in [6.45, 7) is 4.28. The van der Waals surface area contributed by atoms with Crippen molar-refractivity contribution in [3.05, 3.63) is 29.3 Å². The van der Waals surface area contributed by atoms with Crippen molar-refractivity contribution in [2.45, 2.75) is 46.0 Å². The van der Waals surface area contributed by atoms with Gasteiger partial charge in [0.25, 0.3) is 0 Å². The summed E-state index contributed by atoms with van der Waals surface area (Å²) < 4.78 is 0. The van der Waals surface area contributed by atoms with Crippen molar-refractivity contribution in [2.75, 3.05) is 11.9 Å². The van der Waals surface area contributed by atoms with Crippen molar-refractivity contribution in [1.82, 2.24) is 0 Å². The van der Waals surface area contributed by atoms with E-state index in [-0.39, 0.29) is 5.96 Å². The molecular formula is C16H26N4O. The second-order valence-electron chi connectivity index (χ2n) is 5.15. The van der Waals surface area contributed by atoms with Crippen molar-refractivity contribution in [1.29, 1.82) is 0 Å². The predicted octanol–water partition coefficient (Wildman–Crippen LogP) is 2.81. The Bertz CT molecular complexity index is 507. The van der Waals surface area contributed by atoms with Crippen LogP contribution in [0.1, 0.15) is 44.2 Å². The standard InChI is InChI=1S/C16H26N4O/c1-4-6-7-8-12-9-10-14(13(5-2)11-12)20(3)16(21)19-15(17)18/h9-11H,4-8H2,1-3H3,(H4,17,18,19,21). The molecule has 0 radical (unpaired) electrons. The van der Waals surface area contributed by atoms with E-state index in [1.807, 2.05) is 6.07 Å². The molecule has 21 heavy (non-hydrogen) atoms. The molecule has 2 amide bonds. The predicted molar refractivity (Wildman–Crippen MR) is 88.7 cm³/mol. The van der Waals surface area contributed by atoms with Crippen LogP contribution < -0.4 is 16.4 Å². The first-order chi connectivity index (χ1) is 9.99. The number of carbonyl (C=O) groups is 1. The van der Waals surface area contributed by atoms with E-state index >= 15 is 0 Å². The minimum absolute atomic E-state index is 0.221. The Hall–Kier alpha value is -2.04. The van der Waals surface area contributed by atoms with E-state index < -0.39 is 6.03 Å². The smallest absolute Gasteiger partial charge is 0.350 e. The monoisotopic (exact) mass is 290 g/mol. The van der Waals surface area contributed by atoms with Gasteiger partial charge in [-0.2, -0.15) is 4.99 Å². The lowest BCUT2D eigenvalue weighted by molar-refractivity contribution is 0.255. The highest BCUT2D eigenvalue weighted by atomic mass is 16.2. The lowest BCUT2D eigenvalue weighted by Crippen LogP contribution is -2.30. The van der Waals surface area contributed by atoms with Crippen LogP contribution in [0.25, 0.3) is 0 Å². The Balaban J connectivity index is 2.92. The van der Waals surface area contributed by atoms with Crippen LogP contribution in [0, 0.1) is 0 Å². The molecule has 5 heteroatoms.